The van der Waals surface area contributed by atoms with Gasteiger partial charge in [0.05, 0.1) is 5.92 Å². The summed E-state index contributed by atoms with van der Waals surface area (Å²) in [6, 6.07) is 14.1. The molecular weight excluding hydrogens is 379 g/mol. The van der Waals surface area contributed by atoms with Crippen LogP contribution in [0.15, 0.2) is 54.7 Å². The Morgan fingerprint density at radius 2 is 2.03 bits per heavy atom. The van der Waals surface area contributed by atoms with Gasteiger partial charge in [-0.05, 0) is 56.5 Å². The fraction of sp³-hybridized carbons (Fsp3) is 0.292. The van der Waals surface area contributed by atoms with Crippen LogP contribution in [0.4, 0.5) is 15.9 Å². The lowest BCUT2D eigenvalue weighted by atomic mass is 9.96. The Morgan fingerprint density at radius 1 is 1.17 bits per heavy atom. The molecule has 1 amide bonds. The predicted molar refractivity (Wildman–Crippen MR) is 117 cm³/mol. The highest BCUT2D eigenvalue weighted by Crippen LogP contribution is 2.25. The molecule has 2 aromatic carbocycles. The third kappa shape index (κ3) is 4.48. The number of nitrogens with zero attached hydrogens (tertiary/aromatic N) is 3. The molecule has 1 aliphatic rings. The van der Waals surface area contributed by atoms with E-state index in [0.717, 1.165) is 36.5 Å². The SMILES string of the molecule is Cc1ccc(NC(=O)[C@@H]2CCCN(c3ccnc(-c4cccc(F)c4)n3)C2)c(C)c1. The minimum absolute atomic E-state index is 0.0334. The average Bonchev–Trinajstić information content (AvgIpc) is 2.76. The van der Waals surface area contributed by atoms with E-state index >= 15 is 0 Å². The Hall–Kier alpha value is -3.28. The summed E-state index contributed by atoms with van der Waals surface area (Å²) >= 11 is 0. The summed E-state index contributed by atoms with van der Waals surface area (Å²) in [6.45, 7) is 5.46. The third-order valence-electron chi connectivity index (χ3n) is 5.48. The number of halogens is 1. The number of rotatable bonds is 4. The molecule has 6 heteroatoms. The maximum absolute atomic E-state index is 13.6. The van der Waals surface area contributed by atoms with Crippen molar-refractivity contribution in [1.82, 2.24) is 9.97 Å². The van der Waals surface area contributed by atoms with Crippen molar-refractivity contribution >= 4 is 17.4 Å². The number of nitrogens with one attached hydrogen (secondary N) is 1. The lowest BCUT2D eigenvalue weighted by molar-refractivity contribution is -0.120. The van der Waals surface area contributed by atoms with E-state index in [-0.39, 0.29) is 17.6 Å². The van der Waals surface area contributed by atoms with Crippen LogP contribution in [0.3, 0.4) is 0 Å². The summed E-state index contributed by atoms with van der Waals surface area (Å²) in [6.07, 6.45) is 3.43. The van der Waals surface area contributed by atoms with Gasteiger partial charge in [-0.3, -0.25) is 4.79 Å². The number of aryl methyl sites for hydroxylation is 2. The molecule has 2 heterocycles. The molecule has 3 aromatic rings. The summed E-state index contributed by atoms with van der Waals surface area (Å²) in [7, 11) is 0. The number of amides is 1. The Bertz CT molecular complexity index is 1070. The van der Waals surface area contributed by atoms with Gasteiger partial charge in [-0.2, -0.15) is 0 Å². The number of hydrogen-bond acceptors (Lipinski definition) is 4. The van der Waals surface area contributed by atoms with E-state index in [2.05, 4.69) is 26.3 Å². The van der Waals surface area contributed by atoms with Crippen LogP contribution < -0.4 is 10.2 Å². The van der Waals surface area contributed by atoms with E-state index in [0.29, 0.717) is 17.9 Å². The number of piperidine rings is 1. The van der Waals surface area contributed by atoms with Crippen molar-refractivity contribution in [3.8, 4) is 11.4 Å². The van der Waals surface area contributed by atoms with Gasteiger partial charge in [-0.25, -0.2) is 14.4 Å². The van der Waals surface area contributed by atoms with Gasteiger partial charge in [0.1, 0.15) is 11.6 Å². The second-order valence-electron chi connectivity index (χ2n) is 7.84. The molecule has 154 valence electrons. The number of aromatic nitrogens is 2. The molecule has 0 aliphatic carbocycles. The topological polar surface area (TPSA) is 58.1 Å². The van der Waals surface area contributed by atoms with E-state index in [9.17, 15) is 9.18 Å². The highest BCUT2D eigenvalue weighted by molar-refractivity contribution is 5.93. The number of anilines is 2. The van der Waals surface area contributed by atoms with Crippen LogP contribution in [0.25, 0.3) is 11.4 Å². The molecule has 0 spiro atoms. The fourth-order valence-electron chi connectivity index (χ4n) is 3.88. The molecule has 1 aromatic heterocycles. The predicted octanol–water partition coefficient (Wildman–Crippen LogP) is 4.75. The minimum Gasteiger partial charge on any atom is -0.356 e. The van der Waals surface area contributed by atoms with Crippen LogP contribution in [0.2, 0.25) is 0 Å². The zero-order chi connectivity index (χ0) is 21.1. The van der Waals surface area contributed by atoms with E-state index in [1.807, 2.05) is 32.0 Å². The molecule has 1 saturated heterocycles. The maximum atomic E-state index is 13.6. The van der Waals surface area contributed by atoms with Crippen molar-refractivity contribution in [3.63, 3.8) is 0 Å². The third-order valence-corrected chi connectivity index (χ3v) is 5.48. The molecular formula is C24H25FN4O. The summed E-state index contributed by atoms with van der Waals surface area (Å²) in [5, 5.41) is 3.08. The summed E-state index contributed by atoms with van der Waals surface area (Å²) in [5.41, 5.74) is 3.73. The molecule has 0 unspecified atom stereocenters. The Morgan fingerprint density at radius 3 is 2.83 bits per heavy atom. The first-order chi connectivity index (χ1) is 14.5. The molecule has 0 bridgehead atoms. The molecule has 1 N–H and O–H groups in total. The smallest absolute Gasteiger partial charge is 0.229 e. The normalized spacial score (nSPS) is 16.4. The van der Waals surface area contributed by atoms with Crippen molar-refractivity contribution in [2.45, 2.75) is 26.7 Å². The maximum Gasteiger partial charge on any atom is 0.229 e. The molecule has 4 rings (SSSR count). The fourth-order valence-corrected chi connectivity index (χ4v) is 3.88. The Kier molecular flexibility index (Phi) is 5.74. The average molecular weight is 404 g/mol. The van der Waals surface area contributed by atoms with Gasteiger partial charge in [0, 0.05) is 30.5 Å². The molecule has 1 fully saturated rings. The van der Waals surface area contributed by atoms with Gasteiger partial charge >= 0.3 is 0 Å². The van der Waals surface area contributed by atoms with Gasteiger partial charge in [0.2, 0.25) is 5.91 Å². The second kappa shape index (κ2) is 8.61. The van der Waals surface area contributed by atoms with Crippen LogP contribution in [-0.2, 0) is 4.79 Å². The number of carbonyl (C=O) groups excluding carboxylic acids is 1. The van der Waals surface area contributed by atoms with Crippen LogP contribution in [0, 0.1) is 25.6 Å². The van der Waals surface area contributed by atoms with Crippen molar-refractivity contribution in [3.05, 3.63) is 71.7 Å². The van der Waals surface area contributed by atoms with Gasteiger partial charge in [0.25, 0.3) is 0 Å². The first-order valence-electron chi connectivity index (χ1n) is 10.2. The Balaban J connectivity index is 1.48. The second-order valence-corrected chi connectivity index (χ2v) is 7.84. The highest BCUT2D eigenvalue weighted by atomic mass is 19.1. The van der Waals surface area contributed by atoms with Gasteiger partial charge < -0.3 is 10.2 Å². The first-order valence-corrected chi connectivity index (χ1v) is 10.2. The van der Waals surface area contributed by atoms with E-state index in [1.165, 1.54) is 17.7 Å². The lowest BCUT2D eigenvalue weighted by Gasteiger charge is -2.33. The quantitative estimate of drug-likeness (QED) is 0.681. The minimum atomic E-state index is -0.317. The summed E-state index contributed by atoms with van der Waals surface area (Å²) in [4.78, 5) is 23.9. The van der Waals surface area contributed by atoms with Crippen molar-refractivity contribution < 1.29 is 9.18 Å². The van der Waals surface area contributed by atoms with Crippen molar-refractivity contribution in [2.24, 2.45) is 5.92 Å². The summed E-state index contributed by atoms with van der Waals surface area (Å²) < 4.78 is 13.6. The van der Waals surface area contributed by atoms with Gasteiger partial charge in [-0.15, -0.1) is 0 Å². The van der Waals surface area contributed by atoms with Crippen LogP contribution >= 0.6 is 0 Å². The largest absolute Gasteiger partial charge is 0.356 e. The number of carbonyl (C=O) groups is 1. The molecule has 1 aliphatic heterocycles. The molecule has 0 radical (unpaired) electrons. The number of hydrogen-bond donors (Lipinski definition) is 1. The van der Waals surface area contributed by atoms with Gasteiger partial charge in [-0.1, -0.05) is 29.8 Å². The monoisotopic (exact) mass is 404 g/mol. The van der Waals surface area contributed by atoms with E-state index < -0.39 is 0 Å². The van der Waals surface area contributed by atoms with Gasteiger partial charge in [0.15, 0.2) is 5.82 Å². The molecule has 30 heavy (non-hydrogen) atoms. The Labute approximate surface area is 176 Å². The standard InChI is InChI=1S/C24H25FN4O/c1-16-8-9-21(17(2)13-16)27-24(30)19-6-4-12-29(15-19)22-10-11-26-23(28-22)18-5-3-7-20(25)14-18/h3,5,7-11,13-14,19H,4,6,12,15H2,1-2H3,(H,27,30)/t19-/m1/s1. The van der Waals surface area contributed by atoms with E-state index in [1.54, 1.807) is 18.3 Å². The molecule has 1 atom stereocenters. The zero-order valence-corrected chi connectivity index (χ0v) is 17.2. The van der Waals surface area contributed by atoms with Crippen molar-refractivity contribution in [1.29, 1.82) is 0 Å². The molecule has 0 saturated carbocycles. The van der Waals surface area contributed by atoms with Crippen LogP contribution in [0.1, 0.15) is 24.0 Å². The van der Waals surface area contributed by atoms with Crippen LogP contribution in [-0.4, -0.2) is 29.0 Å². The van der Waals surface area contributed by atoms with Crippen LogP contribution in [0.5, 0.6) is 0 Å². The number of benzene rings is 2. The summed E-state index contributed by atoms with van der Waals surface area (Å²) in [5.74, 6) is 0.836. The highest BCUT2D eigenvalue weighted by Gasteiger charge is 2.27. The lowest BCUT2D eigenvalue weighted by Crippen LogP contribution is -2.41. The van der Waals surface area contributed by atoms with Crippen molar-refractivity contribution in [2.75, 3.05) is 23.3 Å². The molecule has 5 nitrogen and oxygen atoms in total. The first kappa shape index (κ1) is 20.0. The van der Waals surface area contributed by atoms with E-state index in [4.69, 9.17) is 0 Å². The zero-order valence-electron chi connectivity index (χ0n) is 17.2.